The molecule has 2 atom stereocenters. The summed E-state index contributed by atoms with van der Waals surface area (Å²) in [6.07, 6.45) is 3.52. The van der Waals surface area contributed by atoms with Crippen LogP contribution in [0.15, 0.2) is 73.1 Å². The number of carbonyl (C=O) groups is 2. The Bertz CT molecular complexity index is 1880. The number of pyridine rings is 1. The maximum atomic E-state index is 13.9. The summed E-state index contributed by atoms with van der Waals surface area (Å²) in [5.74, 6) is -0.772. The number of aromatic hydroxyl groups is 1. The van der Waals surface area contributed by atoms with Gasteiger partial charge in [-0.1, -0.05) is 53.5 Å². The average molecular weight is 723 g/mol. The Hall–Kier alpha value is -4.71. The van der Waals surface area contributed by atoms with E-state index in [1.165, 1.54) is 43.6 Å². The largest absolute Gasteiger partial charge is 0.619 e. The number of aromatic nitrogens is 1. The van der Waals surface area contributed by atoms with E-state index < -0.39 is 18.0 Å². The monoisotopic (exact) mass is 721 g/mol. The lowest BCUT2D eigenvalue weighted by molar-refractivity contribution is -0.605. The van der Waals surface area contributed by atoms with Crippen molar-refractivity contribution in [1.82, 2.24) is 4.90 Å². The van der Waals surface area contributed by atoms with Crippen LogP contribution in [-0.4, -0.2) is 67.1 Å². The predicted molar refractivity (Wildman–Crippen MR) is 188 cm³/mol. The van der Waals surface area contributed by atoms with Gasteiger partial charge in [-0.15, -0.1) is 0 Å². The van der Waals surface area contributed by atoms with Gasteiger partial charge in [0.1, 0.15) is 21.9 Å². The second-order valence-electron chi connectivity index (χ2n) is 12.5. The van der Waals surface area contributed by atoms with Crippen molar-refractivity contribution in [2.45, 2.75) is 37.8 Å². The third-order valence-corrected chi connectivity index (χ3v) is 10.2. The summed E-state index contributed by atoms with van der Waals surface area (Å²) in [4.78, 5) is 30.3. The lowest BCUT2D eigenvalue weighted by atomic mass is 9.82. The van der Waals surface area contributed by atoms with Gasteiger partial charge in [0, 0.05) is 18.0 Å². The minimum atomic E-state index is -1.17. The molecule has 3 aromatic carbocycles. The quantitative estimate of drug-likeness (QED) is 0.129. The molecule has 2 N–H and O–H groups in total. The van der Waals surface area contributed by atoms with Crippen LogP contribution in [-0.2, 0) is 17.7 Å². The van der Waals surface area contributed by atoms with Gasteiger partial charge in [-0.25, -0.2) is 9.59 Å². The van der Waals surface area contributed by atoms with E-state index in [0.717, 1.165) is 25.9 Å². The molecule has 0 radical (unpaired) electrons. The molecule has 262 valence electrons. The minimum absolute atomic E-state index is 0.0135. The van der Waals surface area contributed by atoms with Crippen LogP contribution in [0.1, 0.15) is 51.4 Å². The Morgan fingerprint density at radius 2 is 1.70 bits per heavy atom. The Morgan fingerprint density at radius 3 is 2.32 bits per heavy atom. The fourth-order valence-corrected chi connectivity index (χ4v) is 7.56. The first kappa shape index (κ1) is 35.1. The number of carboxylic acids is 1. The number of piperidine rings is 3. The molecule has 1 aromatic heterocycles. The molecule has 50 heavy (non-hydrogen) atoms. The van der Waals surface area contributed by atoms with Gasteiger partial charge in [-0.3, -0.25) is 9.80 Å². The molecule has 7 rings (SSSR count). The van der Waals surface area contributed by atoms with Crippen molar-refractivity contribution >= 4 is 41.0 Å². The normalized spacial score (nSPS) is 18.7. The molecule has 0 unspecified atom stereocenters. The molecule has 3 aliphatic heterocycles. The number of hydrogen-bond acceptors (Lipinski definition) is 8. The first-order valence-corrected chi connectivity index (χ1v) is 16.9. The number of amides is 1. The van der Waals surface area contributed by atoms with E-state index in [9.17, 15) is 25.0 Å². The number of ether oxygens (including phenoxy) is 3. The maximum absolute atomic E-state index is 13.9. The zero-order chi connectivity index (χ0) is 35.5. The third-order valence-electron chi connectivity index (χ3n) is 9.58. The van der Waals surface area contributed by atoms with E-state index in [0.29, 0.717) is 45.0 Å². The number of fused-ring (bicyclic) bond motifs is 3. The van der Waals surface area contributed by atoms with Crippen LogP contribution in [0.4, 0.5) is 10.5 Å². The maximum Gasteiger partial charge on any atom is 0.415 e. The summed E-state index contributed by atoms with van der Waals surface area (Å²) in [7, 11) is 3.01. The SMILES string of the molecule is COc1ccc([C@H](Cc2c(Cl)c[n+]([O-])cc2Cl)c2cc(CN(C(=O)O[C@H]3CN4CCC3CC4)c3ccccc3O)ccc2C(=O)O)cc1OC. The van der Waals surface area contributed by atoms with Gasteiger partial charge in [-0.05, 0) is 85.3 Å². The molecule has 0 aliphatic carbocycles. The highest BCUT2D eigenvalue weighted by atomic mass is 35.5. The lowest BCUT2D eigenvalue weighted by Gasteiger charge is -2.44. The molecule has 11 nitrogen and oxygen atoms in total. The van der Waals surface area contributed by atoms with Crippen molar-refractivity contribution in [3.05, 3.63) is 116 Å². The van der Waals surface area contributed by atoms with Crippen LogP contribution in [0.3, 0.4) is 0 Å². The molecule has 3 saturated heterocycles. The molecule has 0 saturated carbocycles. The number of aromatic carboxylic acids is 1. The zero-order valence-corrected chi connectivity index (χ0v) is 29.1. The molecule has 13 heteroatoms. The number of nitrogens with zero attached hydrogens (tertiary/aromatic N) is 3. The van der Waals surface area contributed by atoms with Gasteiger partial charge in [0.25, 0.3) is 0 Å². The van der Waals surface area contributed by atoms with E-state index >= 15 is 0 Å². The van der Waals surface area contributed by atoms with E-state index in [1.54, 1.807) is 48.5 Å². The number of phenols is 1. The first-order chi connectivity index (χ1) is 24.1. The molecule has 0 spiro atoms. The molecule has 4 heterocycles. The highest BCUT2D eigenvalue weighted by Crippen LogP contribution is 2.40. The van der Waals surface area contributed by atoms with Crippen LogP contribution >= 0.6 is 23.2 Å². The lowest BCUT2D eigenvalue weighted by Crippen LogP contribution is -2.53. The Kier molecular flexibility index (Phi) is 10.6. The number of hydrogen-bond donors (Lipinski definition) is 2. The first-order valence-electron chi connectivity index (χ1n) is 16.2. The summed E-state index contributed by atoms with van der Waals surface area (Å²) in [5.41, 5.74) is 2.35. The van der Waals surface area contributed by atoms with Crippen molar-refractivity contribution in [3.8, 4) is 17.2 Å². The van der Waals surface area contributed by atoms with Gasteiger partial charge in [0.2, 0.25) is 0 Å². The highest BCUT2D eigenvalue weighted by molar-refractivity contribution is 6.35. The average Bonchev–Trinajstić information content (AvgIpc) is 3.10. The van der Waals surface area contributed by atoms with E-state index in [1.807, 2.05) is 0 Å². The Labute approximate surface area is 299 Å². The number of carbonyl (C=O) groups excluding carboxylic acids is 1. The fourth-order valence-electron chi connectivity index (χ4n) is 6.96. The van der Waals surface area contributed by atoms with Gasteiger partial charge in [0.15, 0.2) is 23.9 Å². The molecule has 2 bridgehead atoms. The number of para-hydroxylation sites is 2. The number of carboxylic acid groups (broad SMARTS) is 1. The van der Waals surface area contributed by atoms with Crippen molar-refractivity contribution in [3.63, 3.8) is 0 Å². The van der Waals surface area contributed by atoms with E-state index in [4.69, 9.17) is 37.4 Å². The molecular weight excluding hydrogens is 685 g/mol. The molecule has 4 aromatic rings. The van der Waals surface area contributed by atoms with Gasteiger partial charge in [-0.2, -0.15) is 4.73 Å². The number of methoxy groups -OCH3 is 2. The van der Waals surface area contributed by atoms with E-state index in [-0.39, 0.29) is 52.0 Å². The summed E-state index contributed by atoms with van der Waals surface area (Å²) >= 11 is 13.1. The topological polar surface area (TPSA) is 136 Å². The molecule has 3 aliphatic rings. The Morgan fingerprint density at radius 1 is 1.00 bits per heavy atom. The second-order valence-corrected chi connectivity index (χ2v) is 13.3. The number of anilines is 1. The smallest absolute Gasteiger partial charge is 0.415 e. The molecule has 1 amide bonds. The number of rotatable bonds is 11. The Balaban J connectivity index is 1.43. The number of halogens is 2. The van der Waals surface area contributed by atoms with E-state index in [2.05, 4.69) is 4.90 Å². The summed E-state index contributed by atoms with van der Waals surface area (Å²) < 4.78 is 17.6. The standard InChI is InChI=1S/C37H37Cl2N3O8/c1-48-33-10-8-24(16-34(33)49-2)26(17-28-29(38)19-41(47)20-30(28)39)27-15-22(7-9-25(27)36(44)45)18-42(31-5-3-4-6-32(31)43)37(46)50-35-21-40-13-11-23(35)12-14-40/h3-10,15-16,19-20,23,26,35,43H,11-14,17-18,21H2,1-2H3,(H,44,45)/t26-,35-/m0/s1. The van der Waals surface area contributed by atoms with Gasteiger partial charge < -0.3 is 29.6 Å². The molecule has 3 fully saturated rings. The summed E-state index contributed by atoms with van der Waals surface area (Å²) in [5, 5.41) is 33.6. The van der Waals surface area contributed by atoms with Crippen LogP contribution in [0, 0.1) is 11.1 Å². The molecular formula is C37H37Cl2N3O8. The zero-order valence-electron chi connectivity index (χ0n) is 27.6. The van der Waals surface area contributed by atoms with Crippen LogP contribution in [0.25, 0.3) is 0 Å². The van der Waals surface area contributed by atoms with Crippen molar-refractivity contribution in [1.29, 1.82) is 0 Å². The van der Waals surface area contributed by atoms with Crippen LogP contribution in [0.2, 0.25) is 10.0 Å². The minimum Gasteiger partial charge on any atom is -0.619 e. The van der Waals surface area contributed by atoms with Crippen molar-refractivity contribution < 1.29 is 38.7 Å². The second kappa shape index (κ2) is 15.0. The van der Waals surface area contributed by atoms with Gasteiger partial charge in [0.05, 0.1) is 32.0 Å². The highest BCUT2D eigenvalue weighted by Gasteiger charge is 2.38. The fraction of sp³-hybridized carbons (Fsp3) is 0.324. The summed E-state index contributed by atoms with van der Waals surface area (Å²) in [6.45, 7) is 2.59. The van der Waals surface area contributed by atoms with Crippen LogP contribution < -0.4 is 19.1 Å². The van der Waals surface area contributed by atoms with Gasteiger partial charge >= 0.3 is 12.1 Å². The summed E-state index contributed by atoms with van der Waals surface area (Å²) in [6, 6.07) is 16.6. The number of benzene rings is 3. The number of phenolic OH excluding ortho intramolecular Hbond substituents is 1. The third kappa shape index (κ3) is 7.40. The van der Waals surface area contributed by atoms with Crippen molar-refractivity contribution in [2.24, 2.45) is 5.92 Å². The van der Waals surface area contributed by atoms with Crippen molar-refractivity contribution in [2.75, 3.05) is 38.8 Å². The van der Waals surface area contributed by atoms with Crippen LogP contribution in [0.5, 0.6) is 17.2 Å². The predicted octanol–water partition coefficient (Wildman–Crippen LogP) is 6.66.